The first-order valence-corrected chi connectivity index (χ1v) is 7.50. The number of rotatable bonds is 4. The molecule has 3 nitrogen and oxygen atoms in total. The predicted octanol–water partition coefficient (Wildman–Crippen LogP) is 4.06. The van der Waals surface area contributed by atoms with Crippen molar-refractivity contribution in [1.82, 2.24) is 15.1 Å². The SMILES string of the molecule is CCNC(C)c1c(F)cccc1-n1nc(C)c(Br)c1C. The van der Waals surface area contributed by atoms with E-state index in [1.54, 1.807) is 10.7 Å². The summed E-state index contributed by atoms with van der Waals surface area (Å²) in [5.41, 5.74) is 3.30. The first-order chi connectivity index (χ1) is 9.47. The summed E-state index contributed by atoms with van der Waals surface area (Å²) >= 11 is 3.52. The van der Waals surface area contributed by atoms with Crippen molar-refractivity contribution in [3.63, 3.8) is 0 Å². The maximum absolute atomic E-state index is 14.3. The van der Waals surface area contributed by atoms with Crippen LogP contribution in [0.1, 0.15) is 36.8 Å². The van der Waals surface area contributed by atoms with Crippen LogP contribution in [0.15, 0.2) is 22.7 Å². The van der Waals surface area contributed by atoms with Crippen LogP contribution in [0.2, 0.25) is 0 Å². The maximum Gasteiger partial charge on any atom is 0.130 e. The molecule has 20 heavy (non-hydrogen) atoms. The van der Waals surface area contributed by atoms with E-state index in [1.807, 2.05) is 33.8 Å². The highest BCUT2D eigenvalue weighted by molar-refractivity contribution is 9.10. The first-order valence-electron chi connectivity index (χ1n) is 6.71. The van der Waals surface area contributed by atoms with Crippen molar-refractivity contribution in [3.8, 4) is 5.69 Å². The van der Waals surface area contributed by atoms with Crippen molar-refractivity contribution in [2.75, 3.05) is 6.54 Å². The summed E-state index contributed by atoms with van der Waals surface area (Å²) in [4.78, 5) is 0. The summed E-state index contributed by atoms with van der Waals surface area (Å²) in [5.74, 6) is -0.209. The Balaban J connectivity index is 2.62. The molecule has 1 heterocycles. The van der Waals surface area contributed by atoms with Gasteiger partial charge in [0.2, 0.25) is 0 Å². The molecule has 0 saturated heterocycles. The monoisotopic (exact) mass is 339 g/mol. The fraction of sp³-hybridized carbons (Fsp3) is 0.400. The first kappa shape index (κ1) is 15.2. The van der Waals surface area contributed by atoms with E-state index in [0.29, 0.717) is 5.56 Å². The standard InChI is InChI=1S/C15H19BrFN3/c1-5-18-9(2)14-12(17)7-6-8-13(14)20-11(4)15(16)10(3)19-20/h6-9,18H,5H2,1-4H3. The minimum atomic E-state index is -0.209. The lowest BCUT2D eigenvalue weighted by atomic mass is 10.0. The Morgan fingerprint density at radius 2 is 2.10 bits per heavy atom. The van der Waals surface area contributed by atoms with Crippen LogP contribution >= 0.6 is 15.9 Å². The number of nitrogens with one attached hydrogen (secondary N) is 1. The van der Waals surface area contributed by atoms with Crippen LogP contribution in [0.4, 0.5) is 4.39 Å². The molecule has 1 atom stereocenters. The average molecular weight is 340 g/mol. The van der Waals surface area contributed by atoms with Gasteiger partial charge in [-0.15, -0.1) is 0 Å². The third kappa shape index (κ3) is 2.65. The summed E-state index contributed by atoms with van der Waals surface area (Å²) in [6.45, 7) is 8.66. The van der Waals surface area contributed by atoms with E-state index in [-0.39, 0.29) is 11.9 Å². The topological polar surface area (TPSA) is 29.9 Å². The Bertz CT molecular complexity index is 622. The highest BCUT2D eigenvalue weighted by Crippen LogP contribution is 2.28. The van der Waals surface area contributed by atoms with Gasteiger partial charge in [0.15, 0.2) is 0 Å². The van der Waals surface area contributed by atoms with Crippen LogP contribution in [0.5, 0.6) is 0 Å². The Morgan fingerprint density at radius 1 is 1.40 bits per heavy atom. The van der Waals surface area contributed by atoms with Gasteiger partial charge in [-0.05, 0) is 55.4 Å². The molecule has 1 aromatic heterocycles. The zero-order valence-electron chi connectivity index (χ0n) is 12.2. The Kier molecular flexibility index (Phi) is 4.60. The molecule has 2 rings (SSSR count). The van der Waals surface area contributed by atoms with Gasteiger partial charge in [-0.25, -0.2) is 9.07 Å². The minimum absolute atomic E-state index is 0.0705. The zero-order valence-corrected chi connectivity index (χ0v) is 13.8. The van der Waals surface area contributed by atoms with Crippen molar-refractivity contribution in [2.45, 2.75) is 33.7 Å². The second-order valence-electron chi connectivity index (χ2n) is 4.85. The molecule has 1 unspecified atom stereocenters. The van der Waals surface area contributed by atoms with Crippen LogP contribution in [0.25, 0.3) is 5.69 Å². The van der Waals surface area contributed by atoms with Crippen LogP contribution in [0, 0.1) is 19.7 Å². The minimum Gasteiger partial charge on any atom is -0.310 e. The molecule has 0 amide bonds. The predicted molar refractivity (Wildman–Crippen MR) is 82.8 cm³/mol. The van der Waals surface area contributed by atoms with Crippen LogP contribution in [-0.4, -0.2) is 16.3 Å². The molecule has 0 aliphatic heterocycles. The van der Waals surface area contributed by atoms with Gasteiger partial charge in [0, 0.05) is 11.6 Å². The number of benzene rings is 1. The van der Waals surface area contributed by atoms with Gasteiger partial charge < -0.3 is 5.32 Å². The fourth-order valence-corrected chi connectivity index (χ4v) is 2.65. The van der Waals surface area contributed by atoms with Gasteiger partial charge in [-0.2, -0.15) is 5.10 Å². The lowest BCUT2D eigenvalue weighted by molar-refractivity contribution is 0.536. The smallest absolute Gasteiger partial charge is 0.130 e. The summed E-state index contributed by atoms with van der Waals surface area (Å²) in [6.07, 6.45) is 0. The van der Waals surface area contributed by atoms with Crippen LogP contribution < -0.4 is 5.32 Å². The van der Waals surface area contributed by atoms with Gasteiger partial charge >= 0.3 is 0 Å². The Hall–Kier alpha value is -1.20. The van der Waals surface area contributed by atoms with Crippen molar-refractivity contribution in [3.05, 3.63) is 45.4 Å². The molecule has 0 aliphatic carbocycles. The molecule has 0 fully saturated rings. The quantitative estimate of drug-likeness (QED) is 0.910. The number of halogens is 2. The molecule has 0 aliphatic rings. The Labute approximate surface area is 127 Å². The number of hydrogen-bond donors (Lipinski definition) is 1. The van der Waals surface area contributed by atoms with Crippen molar-refractivity contribution < 1.29 is 4.39 Å². The summed E-state index contributed by atoms with van der Waals surface area (Å²) in [7, 11) is 0. The lowest BCUT2D eigenvalue weighted by Crippen LogP contribution is -2.21. The molecule has 0 spiro atoms. The molecule has 1 N–H and O–H groups in total. The van der Waals surface area contributed by atoms with E-state index in [2.05, 4.69) is 26.3 Å². The van der Waals surface area contributed by atoms with Crippen LogP contribution in [0.3, 0.4) is 0 Å². The molecule has 2 aromatic rings. The van der Waals surface area contributed by atoms with E-state index >= 15 is 0 Å². The second kappa shape index (κ2) is 6.06. The normalized spacial score (nSPS) is 12.7. The molecule has 0 saturated carbocycles. The highest BCUT2D eigenvalue weighted by Gasteiger charge is 2.19. The molecule has 0 radical (unpaired) electrons. The van der Waals surface area contributed by atoms with E-state index < -0.39 is 0 Å². The van der Waals surface area contributed by atoms with Gasteiger partial charge in [0.05, 0.1) is 21.5 Å². The van der Waals surface area contributed by atoms with E-state index in [1.165, 1.54) is 6.07 Å². The van der Waals surface area contributed by atoms with Gasteiger partial charge in [0.1, 0.15) is 5.82 Å². The maximum atomic E-state index is 14.3. The lowest BCUT2D eigenvalue weighted by Gasteiger charge is -2.18. The summed E-state index contributed by atoms with van der Waals surface area (Å²) < 4.78 is 17.0. The molecular formula is C15H19BrFN3. The zero-order chi connectivity index (χ0) is 14.9. The molecule has 5 heteroatoms. The van der Waals surface area contributed by atoms with E-state index in [0.717, 1.165) is 28.1 Å². The van der Waals surface area contributed by atoms with Gasteiger partial charge in [-0.3, -0.25) is 0 Å². The molecule has 108 valence electrons. The van der Waals surface area contributed by atoms with Gasteiger partial charge in [0.25, 0.3) is 0 Å². The van der Waals surface area contributed by atoms with Crippen LogP contribution in [-0.2, 0) is 0 Å². The number of aryl methyl sites for hydroxylation is 1. The van der Waals surface area contributed by atoms with Gasteiger partial charge in [-0.1, -0.05) is 13.0 Å². The fourth-order valence-electron chi connectivity index (χ4n) is 2.41. The largest absolute Gasteiger partial charge is 0.310 e. The molecular weight excluding hydrogens is 321 g/mol. The third-order valence-electron chi connectivity index (χ3n) is 3.40. The average Bonchev–Trinajstić information content (AvgIpc) is 2.66. The van der Waals surface area contributed by atoms with E-state index in [4.69, 9.17) is 0 Å². The third-order valence-corrected chi connectivity index (χ3v) is 4.55. The number of nitrogens with zero attached hydrogens (tertiary/aromatic N) is 2. The number of aromatic nitrogens is 2. The number of hydrogen-bond acceptors (Lipinski definition) is 2. The summed E-state index contributed by atoms with van der Waals surface area (Å²) in [5, 5.41) is 7.76. The molecule has 0 bridgehead atoms. The highest BCUT2D eigenvalue weighted by atomic mass is 79.9. The van der Waals surface area contributed by atoms with Crippen molar-refractivity contribution >= 4 is 15.9 Å². The van der Waals surface area contributed by atoms with Crippen molar-refractivity contribution in [1.29, 1.82) is 0 Å². The van der Waals surface area contributed by atoms with E-state index in [9.17, 15) is 4.39 Å². The second-order valence-corrected chi connectivity index (χ2v) is 5.64. The Morgan fingerprint density at radius 3 is 2.65 bits per heavy atom. The molecule has 1 aromatic carbocycles. The summed E-state index contributed by atoms with van der Waals surface area (Å²) in [6, 6.07) is 5.04. The van der Waals surface area contributed by atoms with Crippen molar-refractivity contribution in [2.24, 2.45) is 0 Å².